The fourth-order valence-corrected chi connectivity index (χ4v) is 2.67. The van der Waals surface area contributed by atoms with E-state index < -0.39 is 11.7 Å². The van der Waals surface area contributed by atoms with E-state index in [-0.39, 0.29) is 0 Å². The van der Waals surface area contributed by atoms with Gasteiger partial charge >= 0.3 is 6.18 Å². The first-order chi connectivity index (χ1) is 9.38. The summed E-state index contributed by atoms with van der Waals surface area (Å²) >= 11 is 3.26. The number of alkyl halides is 3. The Morgan fingerprint density at radius 2 is 1.90 bits per heavy atom. The molecule has 114 valence electrons. The van der Waals surface area contributed by atoms with E-state index >= 15 is 0 Å². The van der Waals surface area contributed by atoms with Gasteiger partial charge in [-0.25, -0.2) is 0 Å². The van der Waals surface area contributed by atoms with E-state index in [0.29, 0.717) is 10.5 Å². The van der Waals surface area contributed by atoms with Crippen molar-refractivity contribution in [1.82, 2.24) is 5.32 Å². The van der Waals surface area contributed by atoms with Crippen LogP contribution in [0.4, 0.5) is 13.2 Å². The minimum absolute atomic E-state index is 0.313. The summed E-state index contributed by atoms with van der Waals surface area (Å²) in [5.74, 6) is 0. The molecule has 0 aliphatic rings. The predicted molar refractivity (Wildman–Crippen MR) is 79.8 cm³/mol. The van der Waals surface area contributed by atoms with E-state index in [1.54, 1.807) is 6.07 Å². The van der Waals surface area contributed by atoms with Gasteiger partial charge in [-0.05, 0) is 43.5 Å². The monoisotopic (exact) mass is 351 g/mol. The molecule has 0 spiro atoms. The highest BCUT2D eigenvalue weighted by Crippen LogP contribution is 2.32. The number of hydrogen-bond acceptors (Lipinski definition) is 1. The van der Waals surface area contributed by atoms with Gasteiger partial charge in [0.05, 0.1) is 5.56 Å². The molecule has 20 heavy (non-hydrogen) atoms. The van der Waals surface area contributed by atoms with Gasteiger partial charge < -0.3 is 5.32 Å². The van der Waals surface area contributed by atoms with Crippen molar-refractivity contribution in [3.63, 3.8) is 0 Å². The van der Waals surface area contributed by atoms with Crippen molar-refractivity contribution in [3.8, 4) is 0 Å². The van der Waals surface area contributed by atoms with Crippen LogP contribution in [0.15, 0.2) is 22.7 Å². The topological polar surface area (TPSA) is 12.0 Å². The number of hydrogen-bond donors (Lipinski definition) is 1. The summed E-state index contributed by atoms with van der Waals surface area (Å²) < 4.78 is 38.4. The third-order valence-corrected chi connectivity index (χ3v) is 3.91. The highest BCUT2D eigenvalue weighted by atomic mass is 79.9. The second kappa shape index (κ2) is 8.03. The molecular formula is C15H21BrF3N. The highest BCUT2D eigenvalue weighted by molar-refractivity contribution is 9.10. The lowest BCUT2D eigenvalue weighted by Gasteiger charge is -2.19. The molecule has 0 amide bonds. The maximum Gasteiger partial charge on any atom is 0.416 e. The zero-order valence-electron chi connectivity index (χ0n) is 11.9. The Labute approximate surface area is 127 Å². The van der Waals surface area contributed by atoms with Crippen LogP contribution in [0.5, 0.6) is 0 Å². The Kier molecular flexibility index (Phi) is 7.03. The molecule has 1 aromatic carbocycles. The average Bonchev–Trinajstić information content (AvgIpc) is 2.37. The van der Waals surface area contributed by atoms with Crippen molar-refractivity contribution in [1.29, 1.82) is 0 Å². The van der Waals surface area contributed by atoms with Gasteiger partial charge in [-0.15, -0.1) is 0 Å². The third-order valence-electron chi connectivity index (χ3n) is 3.17. The van der Waals surface area contributed by atoms with E-state index in [1.165, 1.54) is 0 Å². The van der Waals surface area contributed by atoms with Crippen molar-refractivity contribution in [3.05, 3.63) is 33.8 Å². The van der Waals surface area contributed by atoms with Crippen molar-refractivity contribution in [2.24, 2.45) is 0 Å². The fourth-order valence-electron chi connectivity index (χ4n) is 2.13. The zero-order chi connectivity index (χ0) is 15.2. The van der Waals surface area contributed by atoms with Crippen molar-refractivity contribution in [2.75, 3.05) is 6.54 Å². The van der Waals surface area contributed by atoms with Crippen LogP contribution in [0.3, 0.4) is 0 Å². The lowest BCUT2D eigenvalue weighted by molar-refractivity contribution is -0.137. The summed E-state index contributed by atoms with van der Waals surface area (Å²) in [5.41, 5.74) is 0.307. The minimum atomic E-state index is -4.29. The van der Waals surface area contributed by atoms with Crippen molar-refractivity contribution in [2.45, 2.75) is 51.7 Å². The van der Waals surface area contributed by atoms with Crippen LogP contribution < -0.4 is 5.32 Å². The van der Waals surface area contributed by atoms with Crippen LogP contribution in [0.2, 0.25) is 0 Å². The standard InChI is InChI=1S/C15H21BrF3N/c1-3-5-13(20-8-4-2)9-11-6-7-12(10-14(11)16)15(17,18)19/h6-7,10,13,20H,3-5,8-9H2,1-2H3. The summed E-state index contributed by atoms with van der Waals surface area (Å²) in [6.45, 7) is 5.15. The molecule has 0 bridgehead atoms. The van der Waals surface area contributed by atoms with Crippen molar-refractivity contribution >= 4 is 15.9 Å². The summed E-state index contributed by atoms with van der Waals surface area (Å²) in [5, 5.41) is 3.45. The minimum Gasteiger partial charge on any atom is -0.314 e. The van der Waals surface area contributed by atoms with Gasteiger partial charge in [-0.1, -0.05) is 42.3 Å². The summed E-state index contributed by atoms with van der Waals surface area (Å²) in [7, 11) is 0. The van der Waals surface area contributed by atoms with Gasteiger partial charge in [0.2, 0.25) is 0 Å². The van der Waals surface area contributed by atoms with Crippen LogP contribution >= 0.6 is 15.9 Å². The summed E-state index contributed by atoms with van der Waals surface area (Å²) in [6, 6.07) is 4.21. The van der Waals surface area contributed by atoms with Gasteiger partial charge in [0.25, 0.3) is 0 Å². The smallest absolute Gasteiger partial charge is 0.314 e. The molecule has 0 saturated carbocycles. The predicted octanol–water partition coefficient (Wildman–Crippen LogP) is 5.18. The molecule has 0 aliphatic heterocycles. The maximum absolute atomic E-state index is 12.6. The Hall–Kier alpha value is -0.550. The molecule has 0 fully saturated rings. The second-order valence-corrected chi connectivity index (χ2v) is 5.80. The van der Waals surface area contributed by atoms with E-state index in [4.69, 9.17) is 0 Å². The third kappa shape index (κ3) is 5.44. The Morgan fingerprint density at radius 3 is 2.40 bits per heavy atom. The first-order valence-corrected chi connectivity index (χ1v) is 7.76. The van der Waals surface area contributed by atoms with Gasteiger partial charge in [-0.2, -0.15) is 13.2 Å². The second-order valence-electron chi connectivity index (χ2n) is 4.95. The first kappa shape index (κ1) is 17.5. The molecule has 1 nitrogen and oxygen atoms in total. The van der Waals surface area contributed by atoms with Gasteiger partial charge in [0.15, 0.2) is 0 Å². The number of nitrogens with one attached hydrogen (secondary N) is 1. The lowest BCUT2D eigenvalue weighted by atomic mass is 10.0. The molecule has 1 atom stereocenters. The van der Waals surface area contributed by atoms with Crippen LogP contribution in [0, 0.1) is 0 Å². The van der Waals surface area contributed by atoms with E-state index in [9.17, 15) is 13.2 Å². The molecule has 0 heterocycles. The number of halogens is 4. The average molecular weight is 352 g/mol. The highest BCUT2D eigenvalue weighted by Gasteiger charge is 2.30. The van der Waals surface area contributed by atoms with Gasteiger partial charge in [0, 0.05) is 10.5 Å². The Morgan fingerprint density at radius 1 is 1.20 bits per heavy atom. The molecule has 0 aromatic heterocycles. The van der Waals surface area contributed by atoms with Crippen LogP contribution in [0.1, 0.15) is 44.2 Å². The van der Waals surface area contributed by atoms with Crippen LogP contribution in [-0.2, 0) is 12.6 Å². The molecule has 0 radical (unpaired) electrons. The SMILES string of the molecule is CCCNC(CCC)Cc1ccc(C(F)(F)F)cc1Br. The zero-order valence-corrected chi connectivity index (χ0v) is 13.4. The molecule has 5 heteroatoms. The summed E-state index contributed by atoms with van der Waals surface area (Å²) in [4.78, 5) is 0. The van der Waals surface area contributed by atoms with Crippen LogP contribution in [0.25, 0.3) is 0 Å². The molecule has 0 aliphatic carbocycles. The summed E-state index contributed by atoms with van der Waals surface area (Å²) in [6.07, 6.45) is -0.418. The molecule has 1 unspecified atom stereocenters. The molecule has 1 rings (SSSR count). The molecular weight excluding hydrogens is 331 g/mol. The van der Waals surface area contributed by atoms with Crippen LogP contribution in [-0.4, -0.2) is 12.6 Å². The van der Waals surface area contributed by atoms with E-state index in [1.807, 2.05) is 0 Å². The first-order valence-electron chi connectivity index (χ1n) is 6.97. The Bertz CT molecular complexity index is 418. The number of rotatable bonds is 7. The maximum atomic E-state index is 12.6. The molecule has 1 aromatic rings. The number of benzene rings is 1. The molecule has 1 N–H and O–H groups in total. The lowest BCUT2D eigenvalue weighted by Crippen LogP contribution is -2.31. The van der Waals surface area contributed by atoms with E-state index in [2.05, 4.69) is 35.1 Å². The quantitative estimate of drug-likeness (QED) is 0.713. The van der Waals surface area contributed by atoms with Crippen molar-refractivity contribution < 1.29 is 13.2 Å². The Balaban J connectivity index is 2.80. The molecule has 0 saturated heterocycles. The van der Waals surface area contributed by atoms with E-state index in [0.717, 1.165) is 49.9 Å². The van der Waals surface area contributed by atoms with Gasteiger partial charge in [-0.3, -0.25) is 0 Å². The largest absolute Gasteiger partial charge is 0.416 e. The van der Waals surface area contributed by atoms with Gasteiger partial charge in [0.1, 0.15) is 0 Å². The normalized spacial score (nSPS) is 13.5. The fraction of sp³-hybridized carbons (Fsp3) is 0.600.